The van der Waals surface area contributed by atoms with Crippen LogP contribution in [0.5, 0.6) is 0 Å². The SMILES string of the molecule is CCCC(=O)CC1CN1. The van der Waals surface area contributed by atoms with Crippen LogP contribution in [-0.2, 0) is 4.79 Å². The summed E-state index contributed by atoms with van der Waals surface area (Å²) >= 11 is 0. The van der Waals surface area contributed by atoms with Crippen molar-refractivity contribution in [1.82, 2.24) is 5.32 Å². The zero-order valence-electron chi connectivity index (χ0n) is 5.81. The van der Waals surface area contributed by atoms with E-state index in [4.69, 9.17) is 0 Å². The molecule has 1 rings (SSSR count). The lowest BCUT2D eigenvalue weighted by atomic mass is 10.1. The molecule has 0 aromatic rings. The van der Waals surface area contributed by atoms with Crippen LogP contribution in [0.2, 0.25) is 0 Å². The maximum atomic E-state index is 10.9. The van der Waals surface area contributed by atoms with Crippen LogP contribution in [0.4, 0.5) is 0 Å². The van der Waals surface area contributed by atoms with Crippen LogP contribution in [-0.4, -0.2) is 18.4 Å². The van der Waals surface area contributed by atoms with Crippen molar-refractivity contribution in [2.75, 3.05) is 6.54 Å². The second kappa shape index (κ2) is 2.97. The molecular formula is C7H13NO. The summed E-state index contributed by atoms with van der Waals surface area (Å²) in [7, 11) is 0. The van der Waals surface area contributed by atoms with Crippen LogP contribution < -0.4 is 5.32 Å². The monoisotopic (exact) mass is 127 g/mol. The molecule has 1 aliphatic rings. The zero-order valence-corrected chi connectivity index (χ0v) is 5.81. The van der Waals surface area contributed by atoms with Crippen LogP contribution >= 0.6 is 0 Å². The Morgan fingerprint density at radius 3 is 2.89 bits per heavy atom. The molecule has 0 bridgehead atoms. The van der Waals surface area contributed by atoms with E-state index in [2.05, 4.69) is 5.32 Å². The lowest BCUT2D eigenvalue weighted by Gasteiger charge is -1.92. The Balaban J connectivity index is 2.02. The van der Waals surface area contributed by atoms with Gasteiger partial charge in [0.1, 0.15) is 5.78 Å². The van der Waals surface area contributed by atoms with Gasteiger partial charge in [-0.15, -0.1) is 0 Å². The summed E-state index contributed by atoms with van der Waals surface area (Å²) in [5.74, 6) is 0.410. The molecule has 2 nitrogen and oxygen atoms in total. The van der Waals surface area contributed by atoms with Gasteiger partial charge in [-0.1, -0.05) is 6.92 Å². The normalized spacial score (nSPS) is 23.9. The molecule has 0 aliphatic carbocycles. The average molecular weight is 127 g/mol. The molecule has 1 atom stereocenters. The quantitative estimate of drug-likeness (QED) is 0.565. The fourth-order valence-electron chi connectivity index (χ4n) is 0.883. The lowest BCUT2D eigenvalue weighted by molar-refractivity contribution is -0.119. The number of nitrogens with one attached hydrogen (secondary N) is 1. The third-order valence-electron chi connectivity index (χ3n) is 1.50. The Morgan fingerprint density at radius 2 is 2.44 bits per heavy atom. The summed E-state index contributed by atoms with van der Waals surface area (Å²) in [5.41, 5.74) is 0. The Kier molecular flexibility index (Phi) is 2.22. The molecule has 0 aromatic carbocycles. The fourth-order valence-corrected chi connectivity index (χ4v) is 0.883. The molecule has 0 saturated carbocycles. The molecule has 52 valence electrons. The number of hydrogen-bond donors (Lipinski definition) is 1. The summed E-state index contributed by atoms with van der Waals surface area (Å²) in [6, 6.07) is 0.532. The Bertz CT molecular complexity index is 107. The van der Waals surface area contributed by atoms with Crippen molar-refractivity contribution in [2.24, 2.45) is 0 Å². The van der Waals surface area contributed by atoms with Gasteiger partial charge in [-0.2, -0.15) is 0 Å². The van der Waals surface area contributed by atoms with Crippen molar-refractivity contribution < 1.29 is 4.79 Å². The van der Waals surface area contributed by atoms with Crippen molar-refractivity contribution in [1.29, 1.82) is 0 Å². The predicted molar refractivity (Wildman–Crippen MR) is 36.3 cm³/mol. The molecule has 1 heterocycles. The Morgan fingerprint density at radius 1 is 1.78 bits per heavy atom. The van der Waals surface area contributed by atoms with Crippen LogP contribution in [0.25, 0.3) is 0 Å². The van der Waals surface area contributed by atoms with Gasteiger partial charge < -0.3 is 5.32 Å². The van der Waals surface area contributed by atoms with E-state index in [9.17, 15) is 4.79 Å². The highest BCUT2D eigenvalue weighted by atomic mass is 16.1. The largest absolute Gasteiger partial charge is 0.311 e. The molecule has 9 heavy (non-hydrogen) atoms. The number of Topliss-reactive ketones (excluding diaryl/α,β-unsaturated/α-hetero) is 1. The van der Waals surface area contributed by atoms with Crippen molar-refractivity contribution >= 4 is 5.78 Å². The van der Waals surface area contributed by atoms with E-state index < -0.39 is 0 Å². The summed E-state index contributed by atoms with van der Waals surface area (Å²) < 4.78 is 0. The van der Waals surface area contributed by atoms with Crippen molar-refractivity contribution in [3.8, 4) is 0 Å². The van der Waals surface area contributed by atoms with Crippen LogP contribution in [0.3, 0.4) is 0 Å². The topological polar surface area (TPSA) is 39.0 Å². The lowest BCUT2D eigenvalue weighted by Crippen LogP contribution is -2.02. The van der Waals surface area contributed by atoms with E-state index in [1.165, 1.54) is 0 Å². The van der Waals surface area contributed by atoms with Gasteiger partial charge in [0.2, 0.25) is 0 Å². The number of carbonyl (C=O) groups excluding carboxylic acids is 1. The minimum Gasteiger partial charge on any atom is -0.311 e. The minimum atomic E-state index is 0.410. The summed E-state index contributed by atoms with van der Waals surface area (Å²) in [6.45, 7) is 3.09. The molecule has 0 amide bonds. The molecule has 1 saturated heterocycles. The van der Waals surface area contributed by atoms with Crippen LogP contribution in [0, 0.1) is 0 Å². The molecule has 2 heteroatoms. The summed E-state index contributed by atoms with van der Waals surface area (Å²) in [4.78, 5) is 10.9. The highest BCUT2D eigenvalue weighted by Gasteiger charge is 2.22. The molecule has 1 N–H and O–H groups in total. The maximum absolute atomic E-state index is 10.9. The van der Waals surface area contributed by atoms with Gasteiger partial charge in [0, 0.05) is 25.4 Å². The highest BCUT2D eigenvalue weighted by Crippen LogP contribution is 2.05. The Labute approximate surface area is 55.6 Å². The fraction of sp³-hybridized carbons (Fsp3) is 0.857. The first kappa shape index (κ1) is 6.75. The van der Waals surface area contributed by atoms with Gasteiger partial charge in [0.05, 0.1) is 0 Å². The zero-order chi connectivity index (χ0) is 6.69. The summed E-state index contributed by atoms with van der Waals surface area (Å²) in [6.07, 6.45) is 2.51. The van der Waals surface area contributed by atoms with Gasteiger partial charge in [0.25, 0.3) is 0 Å². The maximum Gasteiger partial charge on any atom is 0.134 e. The van der Waals surface area contributed by atoms with Gasteiger partial charge in [-0.05, 0) is 6.42 Å². The van der Waals surface area contributed by atoms with Crippen molar-refractivity contribution in [2.45, 2.75) is 32.2 Å². The number of ketones is 1. The third kappa shape index (κ3) is 2.61. The second-order valence-corrected chi connectivity index (χ2v) is 2.60. The average Bonchev–Trinajstić information content (AvgIpc) is 2.50. The Hall–Kier alpha value is -0.370. The highest BCUT2D eigenvalue weighted by molar-refractivity contribution is 5.79. The van der Waals surface area contributed by atoms with Gasteiger partial charge in [-0.3, -0.25) is 4.79 Å². The molecular weight excluding hydrogens is 114 g/mol. The van der Waals surface area contributed by atoms with Gasteiger partial charge in [-0.25, -0.2) is 0 Å². The standard InChI is InChI=1S/C7H13NO/c1-2-3-7(9)4-6-5-8-6/h6,8H,2-5H2,1H3. The van der Waals surface area contributed by atoms with E-state index in [0.717, 1.165) is 25.8 Å². The second-order valence-electron chi connectivity index (χ2n) is 2.60. The number of hydrogen-bond acceptors (Lipinski definition) is 2. The van der Waals surface area contributed by atoms with Gasteiger partial charge in [0.15, 0.2) is 0 Å². The van der Waals surface area contributed by atoms with E-state index >= 15 is 0 Å². The van der Waals surface area contributed by atoms with Crippen molar-refractivity contribution in [3.05, 3.63) is 0 Å². The van der Waals surface area contributed by atoms with Crippen LogP contribution in [0.15, 0.2) is 0 Å². The summed E-state index contributed by atoms with van der Waals surface area (Å²) in [5, 5.41) is 3.10. The first-order valence-corrected chi connectivity index (χ1v) is 3.58. The van der Waals surface area contributed by atoms with E-state index in [0.29, 0.717) is 11.8 Å². The number of carbonyl (C=O) groups is 1. The van der Waals surface area contributed by atoms with Gasteiger partial charge >= 0.3 is 0 Å². The first-order valence-electron chi connectivity index (χ1n) is 3.58. The molecule has 1 aliphatic heterocycles. The van der Waals surface area contributed by atoms with E-state index in [1.807, 2.05) is 6.92 Å². The molecule has 0 aromatic heterocycles. The molecule has 0 spiro atoms. The van der Waals surface area contributed by atoms with Crippen LogP contribution in [0.1, 0.15) is 26.2 Å². The molecule has 0 radical (unpaired) electrons. The van der Waals surface area contributed by atoms with Crippen molar-refractivity contribution in [3.63, 3.8) is 0 Å². The minimum absolute atomic E-state index is 0.410. The molecule has 1 unspecified atom stereocenters. The molecule has 1 fully saturated rings. The predicted octanol–water partition coefficient (Wildman–Crippen LogP) is 0.718. The van der Waals surface area contributed by atoms with E-state index in [1.54, 1.807) is 0 Å². The number of rotatable bonds is 4. The first-order chi connectivity index (χ1) is 4.33. The third-order valence-corrected chi connectivity index (χ3v) is 1.50. The smallest absolute Gasteiger partial charge is 0.134 e. The van der Waals surface area contributed by atoms with E-state index in [-0.39, 0.29) is 0 Å².